The summed E-state index contributed by atoms with van der Waals surface area (Å²) >= 11 is 0. The lowest BCUT2D eigenvalue weighted by Gasteiger charge is -2.08. The third kappa shape index (κ3) is 1.91. The van der Waals surface area contributed by atoms with Gasteiger partial charge in [0.25, 0.3) is 0 Å². The lowest BCUT2D eigenvalue weighted by atomic mass is 9.94. The zero-order chi connectivity index (χ0) is 9.26. The second kappa shape index (κ2) is 3.25. The summed E-state index contributed by atoms with van der Waals surface area (Å²) in [7, 11) is 5.66. The predicted molar refractivity (Wildman–Crippen MR) is 56.4 cm³/mol. The van der Waals surface area contributed by atoms with Gasteiger partial charge in [0.2, 0.25) is 0 Å². The van der Waals surface area contributed by atoms with Gasteiger partial charge < -0.3 is 10.7 Å². The first-order valence-corrected chi connectivity index (χ1v) is 4.46. The average molecular weight is 170 g/mol. The molecule has 0 unspecified atom stereocenters. The van der Waals surface area contributed by atoms with Crippen molar-refractivity contribution in [3.05, 3.63) is 23.8 Å². The highest BCUT2D eigenvalue weighted by Crippen LogP contribution is 2.25. The van der Waals surface area contributed by atoms with Gasteiger partial charge in [-0.15, -0.1) is 0 Å². The smallest absolute Gasteiger partial charge is 0.113 e. The monoisotopic (exact) mass is 170 g/mol. The van der Waals surface area contributed by atoms with E-state index in [1.807, 2.05) is 18.2 Å². The highest BCUT2D eigenvalue weighted by molar-refractivity contribution is 6.32. The first kappa shape index (κ1) is 8.36. The van der Waals surface area contributed by atoms with Gasteiger partial charge in [0.15, 0.2) is 0 Å². The topological polar surface area (TPSA) is 35.9 Å². The zero-order valence-corrected chi connectivity index (χ0v) is 7.38. The van der Waals surface area contributed by atoms with Crippen LogP contribution < -0.4 is 10.8 Å². The van der Waals surface area contributed by atoms with Crippen molar-refractivity contribution in [3.8, 4) is 0 Å². The molecule has 2 radical (unpaired) electrons. The Morgan fingerprint density at radius 2 is 2.23 bits per heavy atom. The van der Waals surface area contributed by atoms with Crippen LogP contribution in [0.1, 0.15) is 18.4 Å². The summed E-state index contributed by atoms with van der Waals surface area (Å²) in [4.78, 5) is 0. The summed E-state index contributed by atoms with van der Waals surface area (Å²) in [5.41, 5.74) is 2.63. The first-order chi connectivity index (χ1) is 6.29. The summed E-state index contributed by atoms with van der Waals surface area (Å²) in [6.45, 7) is 0. The van der Waals surface area contributed by atoms with Gasteiger partial charge in [-0.3, -0.25) is 0 Å². The Bertz CT molecular complexity index is 332. The highest BCUT2D eigenvalue weighted by atomic mass is 15.0. The van der Waals surface area contributed by atoms with Crippen LogP contribution in [0.4, 0.5) is 5.69 Å². The molecule has 1 saturated carbocycles. The van der Waals surface area contributed by atoms with Crippen molar-refractivity contribution < 1.29 is 0 Å². The average Bonchev–Trinajstić information content (AvgIpc) is 2.89. The minimum Gasteiger partial charge on any atom is -0.382 e. The number of benzene rings is 1. The Kier molecular flexibility index (Phi) is 2.09. The summed E-state index contributed by atoms with van der Waals surface area (Å²) in [5, 5.41) is 10.6. The molecule has 1 fully saturated rings. The number of hydrogen-bond acceptors (Lipinski definition) is 2. The van der Waals surface area contributed by atoms with Crippen LogP contribution in [0.25, 0.3) is 0 Å². The van der Waals surface area contributed by atoms with Gasteiger partial charge in [-0.05, 0) is 18.9 Å². The van der Waals surface area contributed by atoms with Gasteiger partial charge in [-0.25, -0.2) is 0 Å². The van der Waals surface area contributed by atoms with Crippen molar-refractivity contribution in [2.75, 3.05) is 5.32 Å². The minimum atomic E-state index is 0.598. The molecule has 0 amide bonds. The van der Waals surface area contributed by atoms with Crippen molar-refractivity contribution in [1.29, 1.82) is 5.41 Å². The van der Waals surface area contributed by atoms with Crippen LogP contribution in [-0.4, -0.2) is 20.1 Å². The van der Waals surface area contributed by atoms with Crippen LogP contribution in [0.5, 0.6) is 0 Å². The van der Waals surface area contributed by atoms with Crippen LogP contribution in [0.2, 0.25) is 0 Å². The van der Waals surface area contributed by atoms with Crippen LogP contribution in [0.3, 0.4) is 0 Å². The molecule has 0 atom stereocenters. The van der Waals surface area contributed by atoms with Gasteiger partial charge in [-0.2, -0.15) is 0 Å². The molecule has 0 bridgehead atoms. The molecule has 0 aliphatic heterocycles. The molecule has 2 nitrogen and oxygen atoms in total. The Morgan fingerprint density at radius 1 is 1.46 bits per heavy atom. The molecule has 64 valence electrons. The molecule has 0 aromatic heterocycles. The van der Waals surface area contributed by atoms with E-state index in [1.165, 1.54) is 19.1 Å². The maximum atomic E-state index is 7.21. The number of nitrogens with one attached hydrogen (secondary N) is 2. The number of anilines is 1. The second-order valence-corrected chi connectivity index (χ2v) is 3.41. The predicted octanol–water partition coefficient (Wildman–Crippen LogP) is 1.05. The fraction of sp³-hybridized carbons (Fsp3) is 0.300. The molecule has 1 aromatic carbocycles. The van der Waals surface area contributed by atoms with E-state index in [-0.39, 0.29) is 0 Å². The molecule has 0 saturated heterocycles. The van der Waals surface area contributed by atoms with E-state index < -0.39 is 0 Å². The number of hydrogen-bond donors (Lipinski definition) is 2. The van der Waals surface area contributed by atoms with Gasteiger partial charge in [-0.1, -0.05) is 17.6 Å². The maximum absolute atomic E-state index is 7.21. The quantitative estimate of drug-likeness (QED) is 0.516. The molecule has 13 heavy (non-hydrogen) atoms. The second-order valence-electron chi connectivity index (χ2n) is 3.41. The Labute approximate surface area is 79.3 Å². The highest BCUT2D eigenvalue weighted by Gasteiger charge is 2.21. The van der Waals surface area contributed by atoms with Crippen molar-refractivity contribution in [2.45, 2.75) is 18.9 Å². The van der Waals surface area contributed by atoms with E-state index in [0.29, 0.717) is 6.04 Å². The zero-order valence-electron chi connectivity index (χ0n) is 7.38. The fourth-order valence-electron chi connectivity index (χ4n) is 1.27. The van der Waals surface area contributed by atoms with E-state index in [1.54, 1.807) is 0 Å². The third-order valence-corrected chi connectivity index (χ3v) is 2.17. The standard InChI is InChI=1S/C10H11BN2/c11-8-2-1-7(6-12)10(5-8)13-9-3-4-9/h1-2,5-6,9,12-13H,3-4H2. The van der Waals surface area contributed by atoms with Crippen molar-refractivity contribution in [3.63, 3.8) is 0 Å². The molecule has 2 N–H and O–H groups in total. The molecular weight excluding hydrogens is 159 g/mol. The van der Waals surface area contributed by atoms with E-state index in [9.17, 15) is 0 Å². The van der Waals surface area contributed by atoms with Crippen molar-refractivity contribution in [1.82, 2.24) is 0 Å². The lowest BCUT2D eigenvalue weighted by molar-refractivity contribution is 1.16. The van der Waals surface area contributed by atoms with Crippen molar-refractivity contribution >= 4 is 25.2 Å². The molecule has 2 rings (SSSR count). The normalized spacial score (nSPS) is 15.4. The maximum Gasteiger partial charge on any atom is 0.113 e. The van der Waals surface area contributed by atoms with E-state index in [0.717, 1.165) is 16.7 Å². The van der Waals surface area contributed by atoms with E-state index in [4.69, 9.17) is 13.3 Å². The summed E-state index contributed by atoms with van der Waals surface area (Å²) in [5.74, 6) is 0. The Hall–Kier alpha value is -1.25. The first-order valence-electron chi connectivity index (χ1n) is 4.46. The molecule has 3 heteroatoms. The molecule has 1 aliphatic carbocycles. The van der Waals surface area contributed by atoms with Crippen LogP contribution in [0, 0.1) is 5.41 Å². The lowest BCUT2D eigenvalue weighted by Crippen LogP contribution is -2.09. The van der Waals surface area contributed by atoms with Crippen molar-refractivity contribution in [2.24, 2.45) is 0 Å². The Balaban J connectivity index is 2.27. The summed E-state index contributed by atoms with van der Waals surface area (Å²) < 4.78 is 0. The molecule has 0 heterocycles. The minimum absolute atomic E-state index is 0.598. The van der Waals surface area contributed by atoms with Crippen LogP contribution in [-0.2, 0) is 0 Å². The fourth-order valence-corrected chi connectivity index (χ4v) is 1.27. The van der Waals surface area contributed by atoms with Gasteiger partial charge in [0, 0.05) is 23.5 Å². The summed E-state index contributed by atoms with van der Waals surface area (Å²) in [6, 6.07) is 6.17. The number of rotatable bonds is 3. The van der Waals surface area contributed by atoms with Gasteiger partial charge in [0.05, 0.1) is 0 Å². The van der Waals surface area contributed by atoms with Gasteiger partial charge in [0.1, 0.15) is 7.85 Å². The molecule has 0 spiro atoms. The van der Waals surface area contributed by atoms with Crippen LogP contribution in [0.15, 0.2) is 18.2 Å². The van der Waals surface area contributed by atoms with E-state index in [2.05, 4.69) is 5.32 Å². The Morgan fingerprint density at radius 3 is 2.85 bits per heavy atom. The van der Waals surface area contributed by atoms with Crippen LogP contribution >= 0.6 is 0 Å². The molecule has 1 aromatic rings. The molecule has 1 aliphatic rings. The summed E-state index contributed by atoms with van der Waals surface area (Å²) in [6.07, 6.45) is 3.81. The molecular formula is C10H11BN2. The third-order valence-electron chi connectivity index (χ3n) is 2.17. The van der Waals surface area contributed by atoms with Gasteiger partial charge >= 0.3 is 0 Å². The van der Waals surface area contributed by atoms with E-state index >= 15 is 0 Å². The largest absolute Gasteiger partial charge is 0.382 e. The SMILES string of the molecule is [B]c1ccc(C=N)c(NC2CC2)c1.